The minimum atomic E-state index is -3.32. The monoisotopic (exact) mass is 490 g/mol. The zero-order valence-corrected chi connectivity index (χ0v) is 19.6. The molecule has 0 bridgehead atoms. The SMILES string of the molecule is CCS(=O)(=O)c1ccc(C(O)c2nc3c(Cl)c(-c4ccccc4OC)c(Cl)cc3[nH]2)cc1. The Hall–Kier alpha value is -2.58. The molecule has 0 saturated carbocycles. The molecule has 1 aromatic heterocycles. The van der Waals surface area contributed by atoms with Crippen molar-refractivity contribution in [3.8, 4) is 16.9 Å². The quantitative estimate of drug-likeness (QED) is 0.376. The molecule has 2 N–H and O–H groups in total. The van der Waals surface area contributed by atoms with Gasteiger partial charge in [0.15, 0.2) is 9.84 Å². The Labute approximate surface area is 195 Å². The van der Waals surface area contributed by atoms with E-state index in [9.17, 15) is 13.5 Å². The number of para-hydroxylation sites is 1. The first-order valence-electron chi connectivity index (χ1n) is 9.78. The maximum atomic E-state index is 12.0. The number of sulfone groups is 1. The largest absolute Gasteiger partial charge is 0.496 e. The third kappa shape index (κ3) is 3.97. The standard InChI is InChI=1S/C23H20Cl2N2O4S/c1-3-32(29,30)14-10-8-13(9-11-14)22(28)23-26-17-12-16(24)19(20(25)21(17)27-23)15-6-4-5-7-18(15)31-2/h4-12,22,28H,3H2,1-2H3,(H,26,27). The van der Waals surface area contributed by atoms with Gasteiger partial charge in [0.05, 0.1) is 33.3 Å². The maximum Gasteiger partial charge on any atom is 0.178 e. The van der Waals surface area contributed by atoms with E-state index in [0.717, 1.165) is 5.56 Å². The third-order valence-electron chi connectivity index (χ3n) is 5.26. The van der Waals surface area contributed by atoms with Crippen LogP contribution in [0.25, 0.3) is 22.2 Å². The topological polar surface area (TPSA) is 92.3 Å². The molecular formula is C23H20Cl2N2O4S. The van der Waals surface area contributed by atoms with E-state index in [0.29, 0.717) is 38.0 Å². The molecule has 0 aliphatic heterocycles. The molecule has 0 spiro atoms. The summed E-state index contributed by atoms with van der Waals surface area (Å²) >= 11 is 13.2. The highest BCUT2D eigenvalue weighted by Crippen LogP contribution is 2.43. The number of rotatable bonds is 6. The number of benzene rings is 3. The van der Waals surface area contributed by atoms with Crippen LogP contribution in [-0.4, -0.2) is 36.4 Å². The fourth-order valence-corrected chi connectivity index (χ4v) is 5.09. The van der Waals surface area contributed by atoms with E-state index in [1.54, 1.807) is 32.2 Å². The first-order chi connectivity index (χ1) is 15.3. The lowest BCUT2D eigenvalue weighted by molar-refractivity contribution is 0.211. The third-order valence-corrected chi connectivity index (χ3v) is 7.67. The lowest BCUT2D eigenvalue weighted by Gasteiger charge is -2.12. The lowest BCUT2D eigenvalue weighted by Crippen LogP contribution is -2.05. The van der Waals surface area contributed by atoms with E-state index in [2.05, 4.69) is 9.97 Å². The summed E-state index contributed by atoms with van der Waals surface area (Å²) in [5.41, 5.74) is 2.82. The second-order valence-electron chi connectivity index (χ2n) is 7.14. The van der Waals surface area contributed by atoms with Gasteiger partial charge < -0.3 is 14.8 Å². The number of ether oxygens (including phenoxy) is 1. The maximum absolute atomic E-state index is 12.0. The molecule has 0 aliphatic carbocycles. The van der Waals surface area contributed by atoms with Crippen LogP contribution in [0, 0.1) is 0 Å². The summed E-state index contributed by atoms with van der Waals surface area (Å²) in [4.78, 5) is 7.77. The Balaban J connectivity index is 1.77. The number of nitrogens with zero attached hydrogens (tertiary/aromatic N) is 1. The van der Waals surface area contributed by atoms with Crippen molar-refractivity contribution in [1.29, 1.82) is 0 Å². The summed E-state index contributed by atoms with van der Waals surface area (Å²) in [7, 11) is -1.75. The number of imidazole rings is 1. The van der Waals surface area contributed by atoms with Crippen LogP contribution in [0.4, 0.5) is 0 Å². The smallest absolute Gasteiger partial charge is 0.178 e. The molecule has 6 nitrogen and oxygen atoms in total. The number of aromatic nitrogens is 2. The summed E-state index contributed by atoms with van der Waals surface area (Å²) in [6.07, 6.45) is -1.11. The zero-order chi connectivity index (χ0) is 23.0. The van der Waals surface area contributed by atoms with Crippen LogP contribution in [0.5, 0.6) is 5.75 Å². The van der Waals surface area contributed by atoms with Crippen LogP contribution >= 0.6 is 23.2 Å². The number of aliphatic hydroxyl groups is 1. The Morgan fingerprint density at radius 3 is 2.47 bits per heavy atom. The van der Waals surface area contributed by atoms with Gasteiger partial charge in [-0.05, 0) is 29.8 Å². The highest BCUT2D eigenvalue weighted by molar-refractivity contribution is 7.91. The average molecular weight is 491 g/mol. The van der Waals surface area contributed by atoms with Crippen LogP contribution in [0.1, 0.15) is 24.4 Å². The first-order valence-corrected chi connectivity index (χ1v) is 12.2. The van der Waals surface area contributed by atoms with Crippen molar-refractivity contribution >= 4 is 44.1 Å². The normalized spacial score (nSPS) is 12.8. The summed E-state index contributed by atoms with van der Waals surface area (Å²) in [5, 5.41) is 11.6. The van der Waals surface area contributed by atoms with Crippen LogP contribution in [0.3, 0.4) is 0 Å². The summed E-state index contributed by atoms with van der Waals surface area (Å²) < 4.78 is 29.5. The van der Waals surface area contributed by atoms with Crippen LogP contribution in [0.15, 0.2) is 59.5 Å². The molecule has 0 saturated heterocycles. The Bertz CT molecular complexity index is 1400. The predicted octanol–water partition coefficient (Wildman–Crippen LogP) is 5.42. The van der Waals surface area contributed by atoms with Gasteiger partial charge in [0.25, 0.3) is 0 Å². The number of hydrogen-bond donors (Lipinski definition) is 2. The fourth-order valence-electron chi connectivity index (χ4n) is 3.51. The number of hydrogen-bond acceptors (Lipinski definition) is 5. The molecule has 32 heavy (non-hydrogen) atoms. The highest BCUT2D eigenvalue weighted by Gasteiger charge is 2.22. The van der Waals surface area contributed by atoms with Crippen molar-refractivity contribution < 1.29 is 18.3 Å². The summed E-state index contributed by atoms with van der Waals surface area (Å²) in [5.74, 6) is 0.890. The molecule has 0 fully saturated rings. The number of H-pyrrole nitrogens is 1. The van der Waals surface area contributed by atoms with Crippen molar-refractivity contribution in [1.82, 2.24) is 9.97 Å². The summed E-state index contributed by atoms with van der Waals surface area (Å²) in [6, 6.07) is 15.2. The van der Waals surface area contributed by atoms with E-state index in [1.165, 1.54) is 12.1 Å². The van der Waals surface area contributed by atoms with Crippen LogP contribution in [0.2, 0.25) is 10.0 Å². The van der Waals surface area contributed by atoms with E-state index >= 15 is 0 Å². The van der Waals surface area contributed by atoms with Crippen molar-refractivity contribution in [2.75, 3.05) is 12.9 Å². The van der Waals surface area contributed by atoms with Crippen molar-refractivity contribution in [3.05, 3.63) is 76.0 Å². The van der Waals surface area contributed by atoms with Gasteiger partial charge >= 0.3 is 0 Å². The Morgan fingerprint density at radius 2 is 1.81 bits per heavy atom. The van der Waals surface area contributed by atoms with Gasteiger partial charge in [-0.1, -0.05) is 60.5 Å². The molecule has 9 heteroatoms. The predicted molar refractivity (Wildman–Crippen MR) is 126 cm³/mol. The van der Waals surface area contributed by atoms with Crippen molar-refractivity contribution in [2.45, 2.75) is 17.9 Å². The van der Waals surface area contributed by atoms with Crippen molar-refractivity contribution in [3.63, 3.8) is 0 Å². The molecule has 0 radical (unpaired) electrons. The Kier molecular flexibility index (Phi) is 6.18. The Morgan fingerprint density at radius 1 is 1.12 bits per heavy atom. The number of nitrogens with one attached hydrogen (secondary N) is 1. The van der Waals surface area contributed by atoms with Gasteiger partial charge in [0.2, 0.25) is 0 Å². The minimum absolute atomic E-state index is 0.00622. The molecular weight excluding hydrogens is 471 g/mol. The fraction of sp³-hybridized carbons (Fsp3) is 0.174. The highest BCUT2D eigenvalue weighted by atomic mass is 35.5. The van der Waals surface area contributed by atoms with Gasteiger partial charge in [-0.2, -0.15) is 0 Å². The van der Waals surface area contributed by atoms with E-state index in [1.807, 2.05) is 24.3 Å². The number of halogens is 2. The number of aromatic amines is 1. The number of aliphatic hydroxyl groups excluding tert-OH is 1. The second-order valence-corrected chi connectivity index (χ2v) is 10.2. The van der Waals surface area contributed by atoms with Crippen LogP contribution < -0.4 is 4.74 Å². The van der Waals surface area contributed by atoms with Gasteiger partial charge in [-0.3, -0.25) is 0 Å². The van der Waals surface area contributed by atoms with Gasteiger partial charge in [-0.15, -0.1) is 0 Å². The van der Waals surface area contributed by atoms with E-state index < -0.39 is 15.9 Å². The molecule has 166 valence electrons. The molecule has 4 rings (SSSR count). The van der Waals surface area contributed by atoms with E-state index in [4.69, 9.17) is 27.9 Å². The zero-order valence-electron chi connectivity index (χ0n) is 17.3. The van der Waals surface area contributed by atoms with Crippen LogP contribution in [-0.2, 0) is 9.84 Å². The van der Waals surface area contributed by atoms with Gasteiger partial charge in [0.1, 0.15) is 23.2 Å². The molecule has 3 aromatic carbocycles. The summed E-state index contributed by atoms with van der Waals surface area (Å²) in [6.45, 7) is 1.58. The molecule has 1 atom stereocenters. The second kappa shape index (κ2) is 8.75. The first kappa shape index (κ1) is 22.6. The lowest BCUT2D eigenvalue weighted by atomic mass is 10.0. The number of fused-ring (bicyclic) bond motifs is 1. The van der Waals surface area contributed by atoms with E-state index in [-0.39, 0.29) is 16.5 Å². The molecule has 1 heterocycles. The number of methoxy groups -OCH3 is 1. The molecule has 1 unspecified atom stereocenters. The van der Waals surface area contributed by atoms with Gasteiger partial charge in [0, 0.05) is 11.1 Å². The molecule has 4 aromatic rings. The van der Waals surface area contributed by atoms with Crippen molar-refractivity contribution in [2.24, 2.45) is 0 Å². The minimum Gasteiger partial charge on any atom is -0.496 e. The average Bonchev–Trinajstić information content (AvgIpc) is 3.23. The molecule has 0 aliphatic rings. The van der Waals surface area contributed by atoms with Gasteiger partial charge in [-0.25, -0.2) is 13.4 Å². The molecule has 0 amide bonds.